The van der Waals surface area contributed by atoms with E-state index in [-0.39, 0.29) is 6.04 Å². The van der Waals surface area contributed by atoms with E-state index in [1.165, 1.54) is 0 Å². The molecule has 2 heterocycles. The van der Waals surface area contributed by atoms with Crippen LogP contribution < -0.4 is 5.73 Å². The van der Waals surface area contributed by atoms with E-state index in [1.807, 2.05) is 36.0 Å². The quantitative estimate of drug-likeness (QED) is 0.715. The summed E-state index contributed by atoms with van der Waals surface area (Å²) in [7, 11) is 0. The predicted molar refractivity (Wildman–Crippen MR) is 74.2 cm³/mol. The number of imidazole rings is 1. The van der Waals surface area contributed by atoms with Gasteiger partial charge in [-0.05, 0) is 25.1 Å². The molecular formula is C12H12BrN5. The van der Waals surface area contributed by atoms with Gasteiger partial charge >= 0.3 is 0 Å². The number of benzene rings is 1. The number of nitrogen functional groups attached to an aromatic ring is 1. The molecule has 5 nitrogen and oxygen atoms in total. The molecule has 3 aromatic rings. The largest absolute Gasteiger partial charge is 0.397 e. The van der Waals surface area contributed by atoms with Crippen molar-refractivity contribution in [2.24, 2.45) is 0 Å². The van der Waals surface area contributed by atoms with Gasteiger partial charge in [-0.1, -0.05) is 15.9 Å². The molecule has 0 spiro atoms. The van der Waals surface area contributed by atoms with Crippen molar-refractivity contribution in [1.82, 2.24) is 19.7 Å². The van der Waals surface area contributed by atoms with Crippen LogP contribution in [0.4, 0.5) is 5.69 Å². The molecule has 6 heteroatoms. The molecule has 92 valence electrons. The normalized spacial score (nSPS) is 13.0. The van der Waals surface area contributed by atoms with Gasteiger partial charge in [-0.2, -0.15) is 5.10 Å². The highest BCUT2D eigenvalue weighted by molar-refractivity contribution is 9.10. The molecule has 0 saturated heterocycles. The van der Waals surface area contributed by atoms with E-state index in [2.05, 4.69) is 31.0 Å². The summed E-state index contributed by atoms with van der Waals surface area (Å²) in [4.78, 5) is 7.83. The van der Waals surface area contributed by atoms with Crippen LogP contribution in [-0.4, -0.2) is 19.7 Å². The van der Waals surface area contributed by atoms with E-state index in [4.69, 9.17) is 5.73 Å². The Morgan fingerprint density at radius 2 is 2.28 bits per heavy atom. The van der Waals surface area contributed by atoms with Gasteiger partial charge in [-0.15, -0.1) is 0 Å². The molecule has 3 rings (SSSR count). The average molecular weight is 306 g/mol. The van der Waals surface area contributed by atoms with Gasteiger partial charge in [0.05, 0.1) is 11.2 Å². The Morgan fingerprint density at radius 3 is 3.00 bits per heavy atom. The van der Waals surface area contributed by atoms with Crippen LogP contribution in [0, 0.1) is 0 Å². The number of aromatic amines is 1. The zero-order chi connectivity index (χ0) is 12.7. The van der Waals surface area contributed by atoms with Crippen LogP contribution in [-0.2, 0) is 0 Å². The number of halogens is 1. The molecule has 0 aliphatic heterocycles. The lowest BCUT2D eigenvalue weighted by molar-refractivity contribution is 0.542. The van der Waals surface area contributed by atoms with E-state index in [9.17, 15) is 0 Å². The maximum atomic E-state index is 5.95. The summed E-state index contributed by atoms with van der Waals surface area (Å²) < 4.78 is 2.79. The van der Waals surface area contributed by atoms with Crippen LogP contribution in [0.15, 0.2) is 35.1 Å². The summed E-state index contributed by atoms with van der Waals surface area (Å²) >= 11 is 3.42. The Morgan fingerprint density at radius 1 is 1.44 bits per heavy atom. The minimum atomic E-state index is 0.0468. The number of H-pyrrole nitrogens is 1. The van der Waals surface area contributed by atoms with Gasteiger partial charge in [0.2, 0.25) is 0 Å². The summed E-state index contributed by atoms with van der Waals surface area (Å²) in [5.41, 5.74) is 8.34. The highest BCUT2D eigenvalue weighted by Gasteiger charge is 2.14. The van der Waals surface area contributed by atoms with Gasteiger partial charge in [0, 0.05) is 16.9 Å². The first-order valence-corrected chi connectivity index (χ1v) is 6.38. The predicted octanol–water partition coefficient (Wildman–Crippen LogP) is 2.71. The summed E-state index contributed by atoms with van der Waals surface area (Å²) in [6.07, 6.45) is 3.67. The molecule has 0 aliphatic carbocycles. The Hall–Kier alpha value is -1.82. The van der Waals surface area contributed by atoms with Crippen molar-refractivity contribution in [2.75, 3.05) is 5.73 Å². The number of hydrogen-bond donors (Lipinski definition) is 2. The van der Waals surface area contributed by atoms with Crippen molar-refractivity contribution in [3.8, 4) is 0 Å². The molecule has 0 fully saturated rings. The van der Waals surface area contributed by atoms with Gasteiger partial charge in [0.15, 0.2) is 0 Å². The van der Waals surface area contributed by atoms with Crippen LogP contribution >= 0.6 is 15.9 Å². The van der Waals surface area contributed by atoms with Crippen LogP contribution in [0.3, 0.4) is 0 Å². The topological polar surface area (TPSA) is 72.5 Å². The maximum Gasteiger partial charge on any atom is 0.132 e. The number of nitrogens with one attached hydrogen (secondary N) is 1. The Kier molecular flexibility index (Phi) is 2.59. The van der Waals surface area contributed by atoms with Crippen molar-refractivity contribution in [2.45, 2.75) is 13.0 Å². The van der Waals surface area contributed by atoms with E-state index in [0.29, 0.717) is 5.69 Å². The second kappa shape index (κ2) is 4.13. The van der Waals surface area contributed by atoms with Gasteiger partial charge in [0.25, 0.3) is 0 Å². The average Bonchev–Trinajstić information content (AvgIpc) is 2.96. The Labute approximate surface area is 112 Å². The summed E-state index contributed by atoms with van der Waals surface area (Å²) in [5.74, 6) is 0.846. The summed E-state index contributed by atoms with van der Waals surface area (Å²) in [5, 5.41) is 4.22. The van der Waals surface area contributed by atoms with Crippen molar-refractivity contribution >= 4 is 32.7 Å². The second-order valence-corrected chi connectivity index (χ2v) is 5.09. The first-order valence-electron chi connectivity index (χ1n) is 5.59. The molecule has 0 radical (unpaired) electrons. The summed E-state index contributed by atoms with van der Waals surface area (Å²) in [6, 6.07) is 5.76. The van der Waals surface area contributed by atoms with Gasteiger partial charge < -0.3 is 10.7 Å². The van der Waals surface area contributed by atoms with E-state index < -0.39 is 0 Å². The fourth-order valence-corrected chi connectivity index (χ4v) is 2.44. The number of rotatable bonds is 2. The molecule has 0 saturated carbocycles. The molecule has 2 aromatic heterocycles. The minimum absolute atomic E-state index is 0.0468. The molecule has 0 bridgehead atoms. The number of anilines is 1. The number of fused-ring (bicyclic) bond motifs is 1. The van der Waals surface area contributed by atoms with Crippen molar-refractivity contribution in [3.05, 3.63) is 40.9 Å². The zero-order valence-corrected chi connectivity index (χ0v) is 11.3. The maximum absolute atomic E-state index is 5.95. The molecular weight excluding hydrogens is 294 g/mol. The first-order chi connectivity index (χ1) is 8.65. The van der Waals surface area contributed by atoms with E-state index in [1.54, 1.807) is 6.20 Å². The van der Waals surface area contributed by atoms with Gasteiger partial charge in [-0.25, -0.2) is 4.98 Å². The highest BCUT2D eigenvalue weighted by atomic mass is 79.9. The molecule has 3 N–H and O–H groups in total. The first kappa shape index (κ1) is 11.3. The van der Waals surface area contributed by atoms with E-state index >= 15 is 0 Å². The number of aromatic nitrogens is 4. The molecule has 1 unspecified atom stereocenters. The third-order valence-corrected chi connectivity index (χ3v) is 3.37. The molecule has 0 aliphatic rings. The van der Waals surface area contributed by atoms with Crippen LogP contribution in [0.5, 0.6) is 0 Å². The minimum Gasteiger partial charge on any atom is -0.397 e. The fourth-order valence-electron chi connectivity index (χ4n) is 1.96. The fraction of sp³-hybridized carbons (Fsp3) is 0.167. The molecule has 0 amide bonds. The molecule has 1 aromatic carbocycles. The Bertz CT molecular complexity index is 686. The van der Waals surface area contributed by atoms with Crippen molar-refractivity contribution < 1.29 is 0 Å². The third kappa shape index (κ3) is 1.78. The monoisotopic (exact) mass is 305 g/mol. The molecule has 18 heavy (non-hydrogen) atoms. The lowest BCUT2D eigenvalue weighted by Gasteiger charge is -2.08. The third-order valence-electron chi connectivity index (χ3n) is 2.92. The van der Waals surface area contributed by atoms with Crippen LogP contribution in [0.2, 0.25) is 0 Å². The van der Waals surface area contributed by atoms with Crippen molar-refractivity contribution in [3.63, 3.8) is 0 Å². The van der Waals surface area contributed by atoms with Crippen LogP contribution in [0.25, 0.3) is 11.0 Å². The van der Waals surface area contributed by atoms with Crippen molar-refractivity contribution in [1.29, 1.82) is 0 Å². The smallest absolute Gasteiger partial charge is 0.132 e. The van der Waals surface area contributed by atoms with Gasteiger partial charge in [0.1, 0.15) is 17.4 Å². The lowest BCUT2D eigenvalue weighted by atomic mass is 10.3. The van der Waals surface area contributed by atoms with Crippen LogP contribution in [0.1, 0.15) is 18.8 Å². The highest BCUT2D eigenvalue weighted by Crippen LogP contribution is 2.26. The second-order valence-electron chi connectivity index (χ2n) is 4.18. The SMILES string of the molecule is CC(c1nc2c(N)cc(Br)cc2[nH]1)n1cccn1. The number of nitrogens with two attached hydrogens (primary N) is 1. The number of hydrogen-bond acceptors (Lipinski definition) is 3. The van der Waals surface area contributed by atoms with E-state index in [0.717, 1.165) is 21.3 Å². The zero-order valence-electron chi connectivity index (χ0n) is 9.76. The Balaban J connectivity index is 2.11. The lowest BCUT2D eigenvalue weighted by Crippen LogP contribution is -2.08. The summed E-state index contributed by atoms with van der Waals surface area (Å²) in [6.45, 7) is 2.04. The van der Waals surface area contributed by atoms with Gasteiger partial charge in [-0.3, -0.25) is 4.68 Å². The number of nitrogens with zero attached hydrogens (tertiary/aromatic N) is 3. The molecule has 1 atom stereocenters. The standard InChI is InChI=1S/C12H12BrN5/c1-7(18-4-2-3-15-18)12-16-10-6-8(13)5-9(14)11(10)17-12/h2-7H,14H2,1H3,(H,16,17).